The third-order valence-corrected chi connectivity index (χ3v) is 1.74. The molecular formula is C7H14FNO. The maximum atomic E-state index is 12.5. The van der Waals surface area contributed by atoms with Crippen molar-refractivity contribution in [2.45, 2.75) is 25.6 Å². The molecule has 2 nitrogen and oxygen atoms in total. The monoisotopic (exact) mass is 147 g/mol. The fraction of sp³-hybridized carbons (Fsp3) is 1.00. The fourth-order valence-electron chi connectivity index (χ4n) is 1.32. The fourth-order valence-corrected chi connectivity index (χ4v) is 1.32. The molecule has 0 radical (unpaired) electrons. The van der Waals surface area contributed by atoms with Crippen molar-refractivity contribution in [2.75, 3.05) is 19.6 Å². The van der Waals surface area contributed by atoms with E-state index in [-0.39, 0.29) is 6.10 Å². The molecule has 1 rings (SSSR count). The van der Waals surface area contributed by atoms with Crippen LogP contribution < -0.4 is 0 Å². The first-order valence-corrected chi connectivity index (χ1v) is 3.73. The number of aliphatic hydroxyl groups is 1. The van der Waals surface area contributed by atoms with Crippen molar-refractivity contribution >= 4 is 0 Å². The molecule has 3 heteroatoms. The van der Waals surface area contributed by atoms with E-state index in [2.05, 4.69) is 0 Å². The Labute approximate surface area is 60.6 Å². The van der Waals surface area contributed by atoms with Gasteiger partial charge in [-0.1, -0.05) is 0 Å². The van der Waals surface area contributed by atoms with E-state index >= 15 is 0 Å². The summed E-state index contributed by atoms with van der Waals surface area (Å²) in [6, 6.07) is 0. The zero-order valence-corrected chi connectivity index (χ0v) is 6.26. The number of hydrogen-bond donors (Lipinski definition) is 1. The number of nitrogens with zero attached hydrogens (tertiary/aromatic N) is 1. The number of alkyl halides is 1. The molecule has 2 atom stereocenters. The normalized spacial score (nSPS) is 30.9. The molecule has 1 aliphatic heterocycles. The molecule has 10 heavy (non-hydrogen) atoms. The van der Waals surface area contributed by atoms with Gasteiger partial charge >= 0.3 is 0 Å². The average Bonchev–Trinajstić information content (AvgIpc) is 2.13. The standard InChI is InChI=1S/C7H14FNO/c1-6(10)4-9-3-2-7(8)5-9/h6-7,10H,2-5H2,1H3. The number of aliphatic hydroxyl groups excluding tert-OH is 1. The van der Waals surface area contributed by atoms with Gasteiger partial charge in [0, 0.05) is 19.6 Å². The summed E-state index contributed by atoms with van der Waals surface area (Å²) in [7, 11) is 0. The van der Waals surface area contributed by atoms with E-state index in [1.165, 1.54) is 0 Å². The molecule has 0 aromatic rings. The van der Waals surface area contributed by atoms with Gasteiger partial charge in [0.1, 0.15) is 6.17 Å². The van der Waals surface area contributed by atoms with E-state index in [4.69, 9.17) is 5.11 Å². The van der Waals surface area contributed by atoms with Crippen molar-refractivity contribution in [1.82, 2.24) is 4.90 Å². The highest BCUT2D eigenvalue weighted by atomic mass is 19.1. The molecule has 1 heterocycles. The Kier molecular flexibility index (Phi) is 2.63. The lowest BCUT2D eigenvalue weighted by Gasteiger charge is -2.15. The predicted octanol–water partition coefficient (Wildman–Crippen LogP) is 0.411. The van der Waals surface area contributed by atoms with Crippen molar-refractivity contribution in [2.24, 2.45) is 0 Å². The summed E-state index contributed by atoms with van der Waals surface area (Å²) in [4.78, 5) is 1.95. The lowest BCUT2D eigenvalue weighted by atomic mass is 10.3. The number of β-amino-alcohol motifs (C(OH)–C–C–N with tert-alkyl or cyclic N) is 1. The van der Waals surface area contributed by atoms with Crippen LogP contribution in [0.2, 0.25) is 0 Å². The van der Waals surface area contributed by atoms with Crippen LogP contribution in [0.4, 0.5) is 4.39 Å². The van der Waals surface area contributed by atoms with Crippen LogP contribution in [0.1, 0.15) is 13.3 Å². The minimum atomic E-state index is -0.668. The second-order valence-corrected chi connectivity index (χ2v) is 2.99. The average molecular weight is 147 g/mol. The van der Waals surface area contributed by atoms with Crippen molar-refractivity contribution in [3.05, 3.63) is 0 Å². The van der Waals surface area contributed by atoms with Gasteiger partial charge in [-0.2, -0.15) is 0 Å². The van der Waals surface area contributed by atoms with Crippen LogP contribution >= 0.6 is 0 Å². The van der Waals surface area contributed by atoms with E-state index in [1.807, 2.05) is 4.90 Å². The summed E-state index contributed by atoms with van der Waals surface area (Å²) in [6.45, 7) is 3.64. The van der Waals surface area contributed by atoms with E-state index in [0.29, 0.717) is 19.5 Å². The third kappa shape index (κ3) is 2.23. The topological polar surface area (TPSA) is 23.5 Å². The first-order chi connectivity index (χ1) is 4.68. The molecule has 1 fully saturated rings. The minimum Gasteiger partial charge on any atom is -0.392 e. The van der Waals surface area contributed by atoms with Gasteiger partial charge in [-0.25, -0.2) is 4.39 Å². The number of halogens is 1. The zero-order valence-electron chi connectivity index (χ0n) is 6.26. The van der Waals surface area contributed by atoms with Crippen LogP contribution in [-0.2, 0) is 0 Å². The van der Waals surface area contributed by atoms with Crippen LogP contribution in [0.25, 0.3) is 0 Å². The van der Waals surface area contributed by atoms with Crippen LogP contribution in [-0.4, -0.2) is 41.9 Å². The summed E-state index contributed by atoms with van der Waals surface area (Å²) in [5.74, 6) is 0. The Morgan fingerprint density at radius 2 is 2.50 bits per heavy atom. The molecule has 60 valence electrons. The van der Waals surface area contributed by atoms with Gasteiger partial charge in [-0.15, -0.1) is 0 Å². The number of likely N-dealkylation sites (tertiary alicyclic amines) is 1. The largest absolute Gasteiger partial charge is 0.392 e. The molecule has 0 saturated carbocycles. The Morgan fingerprint density at radius 3 is 2.90 bits per heavy atom. The van der Waals surface area contributed by atoms with Gasteiger partial charge in [-0.3, -0.25) is 4.90 Å². The molecule has 1 saturated heterocycles. The third-order valence-electron chi connectivity index (χ3n) is 1.74. The first-order valence-electron chi connectivity index (χ1n) is 3.73. The SMILES string of the molecule is CC(O)CN1CCC(F)C1. The Morgan fingerprint density at radius 1 is 1.80 bits per heavy atom. The maximum Gasteiger partial charge on any atom is 0.114 e. The van der Waals surface area contributed by atoms with E-state index in [0.717, 1.165) is 6.54 Å². The second kappa shape index (κ2) is 3.30. The van der Waals surface area contributed by atoms with Crippen molar-refractivity contribution in [3.63, 3.8) is 0 Å². The van der Waals surface area contributed by atoms with Gasteiger partial charge in [0.25, 0.3) is 0 Å². The van der Waals surface area contributed by atoms with Gasteiger partial charge in [0.15, 0.2) is 0 Å². The van der Waals surface area contributed by atoms with Crippen LogP contribution in [0.3, 0.4) is 0 Å². The molecule has 1 aliphatic rings. The van der Waals surface area contributed by atoms with Crippen molar-refractivity contribution in [1.29, 1.82) is 0 Å². The Hall–Kier alpha value is -0.150. The van der Waals surface area contributed by atoms with Gasteiger partial charge in [-0.05, 0) is 13.3 Å². The summed E-state index contributed by atoms with van der Waals surface area (Å²) in [5.41, 5.74) is 0. The maximum absolute atomic E-state index is 12.5. The summed E-state index contributed by atoms with van der Waals surface area (Å²) in [6.07, 6.45) is -0.365. The molecule has 0 bridgehead atoms. The van der Waals surface area contributed by atoms with Crippen LogP contribution in [0, 0.1) is 0 Å². The zero-order chi connectivity index (χ0) is 7.56. The minimum absolute atomic E-state index is 0.328. The van der Waals surface area contributed by atoms with Crippen molar-refractivity contribution in [3.8, 4) is 0 Å². The highest BCUT2D eigenvalue weighted by Gasteiger charge is 2.21. The molecule has 0 aliphatic carbocycles. The molecule has 0 aromatic heterocycles. The van der Waals surface area contributed by atoms with Gasteiger partial charge in [0.2, 0.25) is 0 Å². The molecule has 0 spiro atoms. The lowest BCUT2D eigenvalue weighted by molar-refractivity contribution is 0.136. The quantitative estimate of drug-likeness (QED) is 0.611. The molecule has 2 unspecified atom stereocenters. The number of hydrogen-bond acceptors (Lipinski definition) is 2. The van der Waals surface area contributed by atoms with Crippen LogP contribution in [0.15, 0.2) is 0 Å². The second-order valence-electron chi connectivity index (χ2n) is 2.99. The molecule has 1 N–H and O–H groups in total. The summed E-state index contributed by atoms with van der Waals surface area (Å²) < 4.78 is 12.5. The summed E-state index contributed by atoms with van der Waals surface area (Å²) in [5, 5.41) is 8.93. The van der Waals surface area contributed by atoms with E-state index < -0.39 is 6.17 Å². The molecule has 0 aromatic carbocycles. The van der Waals surface area contributed by atoms with E-state index in [9.17, 15) is 4.39 Å². The lowest BCUT2D eigenvalue weighted by Crippen LogP contribution is -2.29. The molecular weight excluding hydrogens is 133 g/mol. The highest BCUT2D eigenvalue weighted by Crippen LogP contribution is 2.11. The Bertz CT molecular complexity index is 108. The van der Waals surface area contributed by atoms with Crippen molar-refractivity contribution < 1.29 is 9.50 Å². The number of rotatable bonds is 2. The van der Waals surface area contributed by atoms with Crippen LogP contribution in [0.5, 0.6) is 0 Å². The van der Waals surface area contributed by atoms with Gasteiger partial charge in [0.05, 0.1) is 6.10 Å². The Balaban J connectivity index is 2.18. The summed E-state index contributed by atoms with van der Waals surface area (Å²) >= 11 is 0. The molecule has 0 amide bonds. The smallest absolute Gasteiger partial charge is 0.114 e. The van der Waals surface area contributed by atoms with Gasteiger partial charge < -0.3 is 5.11 Å². The first kappa shape index (κ1) is 7.95. The predicted molar refractivity (Wildman–Crippen MR) is 37.6 cm³/mol. The highest BCUT2D eigenvalue weighted by molar-refractivity contribution is 4.75. The van der Waals surface area contributed by atoms with E-state index in [1.54, 1.807) is 6.92 Å².